The molecule has 1 aliphatic heterocycles. The number of amides is 1. The Morgan fingerprint density at radius 3 is 2.89 bits per heavy atom. The van der Waals surface area contributed by atoms with E-state index in [-0.39, 0.29) is 17.1 Å². The number of piperidine rings is 1. The van der Waals surface area contributed by atoms with E-state index in [0.717, 1.165) is 18.4 Å². The normalized spacial score (nSPS) is 19.6. The van der Waals surface area contributed by atoms with Crippen molar-refractivity contribution in [2.45, 2.75) is 31.6 Å². The van der Waals surface area contributed by atoms with E-state index in [0.29, 0.717) is 36.7 Å². The maximum Gasteiger partial charge on any atom is 0.257 e. The van der Waals surface area contributed by atoms with Crippen LogP contribution in [0, 0.1) is 5.82 Å². The third-order valence-electron chi connectivity index (χ3n) is 5.13. The summed E-state index contributed by atoms with van der Waals surface area (Å²) in [5.74, 6) is 0.941. The number of aromatic nitrogens is 3. The quantitative estimate of drug-likeness (QED) is 0.694. The van der Waals surface area contributed by atoms with Crippen LogP contribution >= 0.6 is 0 Å². The largest absolute Gasteiger partial charge is 0.445 e. The van der Waals surface area contributed by atoms with Gasteiger partial charge in [0.05, 0.1) is 17.2 Å². The first-order chi connectivity index (χ1) is 13.5. The van der Waals surface area contributed by atoms with Gasteiger partial charge in [0, 0.05) is 31.9 Å². The Morgan fingerprint density at radius 1 is 1.29 bits per heavy atom. The lowest BCUT2D eigenvalue weighted by Gasteiger charge is -2.38. The third-order valence-corrected chi connectivity index (χ3v) is 5.13. The number of carbonyl (C=O) groups excluding carboxylic acids is 1. The topological polar surface area (TPSA) is 72.1 Å². The van der Waals surface area contributed by atoms with Gasteiger partial charge in [0.2, 0.25) is 5.89 Å². The SMILES string of the molecule is C[C@@]1(c2ncc(Cc3cccc(F)c3)o2)CCCN(C(=O)c2cncnc2)C1. The van der Waals surface area contributed by atoms with E-state index >= 15 is 0 Å². The summed E-state index contributed by atoms with van der Waals surface area (Å²) < 4.78 is 19.4. The molecule has 1 aromatic carbocycles. The number of likely N-dealkylation sites (tertiary alicyclic amines) is 1. The maximum atomic E-state index is 13.4. The van der Waals surface area contributed by atoms with Crippen LogP contribution in [0.1, 0.15) is 47.3 Å². The molecule has 1 aliphatic rings. The fourth-order valence-electron chi connectivity index (χ4n) is 3.70. The number of halogens is 1. The van der Waals surface area contributed by atoms with Crippen LogP contribution in [0.5, 0.6) is 0 Å². The molecule has 0 bridgehead atoms. The number of rotatable bonds is 4. The number of benzene rings is 1. The molecule has 0 spiro atoms. The zero-order valence-corrected chi connectivity index (χ0v) is 15.6. The fraction of sp³-hybridized carbons (Fsp3) is 0.333. The van der Waals surface area contributed by atoms with Gasteiger partial charge in [-0.1, -0.05) is 12.1 Å². The lowest BCUT2D eigenvalue weighted by atomic mass is 9.81. The van der Waals surface area contributed by atoms with Crippen LogP contribution in [0.3, 0.4) is 0 Å². The van der Waals surface area contributed by atoms with Gasteiger partial charge in [-0.15, -0.1) is 0 Å². The summed E-state index contributed by atoms with van der Waals surface area (Å²) in [6.07, 6.45) is 8.37. The molecule has 1 atom stereocenters. The average molecular weight is 380 g/mol. The van der Waals surface area contributed by atoms with E-state index in [9.17, 15) is 9.18 Å². The van der Waals surface area contributed by atoms with Crippen molar-refractivity contribution in [3.05, 3.63) is 77.8 Å². The van der Waals surface area contributed by atoms with Crippen LogP contribution < -0.4 is 0 Å². The molecule has 0 saturated carbocycles. The third kappa shape index (κ3) is 3.78. The number of nitrogens with zero attached hydrogens (tertiary/aromatic N) is 4. The van der Waals surface area contributed by atoms with Gasteiger partial charge in [0.25, 0.3) is 5.91 Å². The van der Waals surface area contributed by atoms with Crippen LogP contribution in [-0.4, -0.2) is 38.8 Å². The summed E-state index contributed by atoms with van der Waals surface area (Å²) >= 11 is 0. The fourth-order valence-corrected chi connectivity index (χ4v) is 3.70. The first kappa shape index (κ1) is 18.3. The highest BCUT2D eigenvalue weighted by Crippen LogP contribution is 2.34. The van der Waals surface area contributed by atoms with Gasteiger partial charge in [-0.3, -0.25) is 4.79 Å². The Balaban J connectivity index is 1.50. The summed E-state index contributed by atoms with van der Waals surface area (Å²) in [5, 5.41) is 0. The zero-order valence-electron chi connectivity index (χ0n) is 15.6. The molecule has 1 fully saturated rings. The average Bonchev–Trinajstić information content (AvgIpc) is 3.18. The minimum absolute atomic E-state index is 0.0851. The van der Waals surface area contributed by atoms with Crippen LogP contribution in [0.4, 0.5) is 4.39 Å². The molecule has 2 aromatic heterocycles. The number of oxazole rings is 1. The number of carbonyl (C=O) groups is 1. The van der Waals surface area contributed by atoms with E-state index in [2.05, 4.69) is 21.9 Å². The summed E-state index contributed by atoms with van der Waals surface area (Å²) in [5.41, 5.74) is 0.937. The minimum Gasteiger partial charge on any atom is -0.445 e. The molecule has 7 heteroatoms. The molecule has 6 nitrogen and oxygen atoms in total. The Labute approximate surface area is 162 Å². The van der Waals surface area contributed by atoms with Crippen molar-refractivity contribution in [1.82, 2.24) is 19.9 Å². The van der Waals surface area contributed by atoms with Gasteiger partial charge in [-0.25, -0.2) is 19.3 Å². The summed E-state index contributed by atoms with van der Waals surface area (Å²) in [6.45, 7) is 3.26. The second-order valence-electron chi connectivity index (χ2n) is 7.46. The second kappa shape index (κ2) is 7.50. The van der Waals surface area contributed by atoms with E-state index in [1.807, 2.05) is 6.07 Å². The molecule has 144 valence electrons. The maximum absolute atomic E-state index is 13.4. The summed E-state index contributed by atoms with van der Waals surface area (Å²) in [7, 11) is 0. The van der Waals surface area contributed by atoms with E-state index in [1.165, 1.54) is 30.9 Å². The Kier molecular flexibility index (Phi) is 4.90. The Bertz CT molecular complexity index is 975. The van der Waals surface area contributed by atoms with Crippen molar-refractivity contribution < 1.29 is 13.6 Å². The van der Waals surface area contributed by atoms with Crippen LogP contribution in [0.2, 0.25) is 0 Å². The van der Waals surface area contributed by atoms with Gasteiger partial charge in [0.15, 0.2) is 0 Å². The van der Waals surface area contributed by atoms with Crippen molar-refractivity contribution in [1.29, 1.82) is 0 Å². The molecule has 1 saturated heterocycles. The highest BCUT2D eigenvalue weighted by Gasteiger charge is 2.38. The second-order valence-corrected chi connectivity index (χ2v) is 7.46. The molecule has 0 aliphatic carbocycles. The first-order valence-corrected chi connectivity index (χ1v) is 9.27. The van der Waals surface area contributed by atoms with Crippen molar-refractivity contribution >= 4 is 5.91 Å². The zero-order chi connectivity index (χ0) is 19.6. The first-order valence-electron chi connectivity index (χ1n) is 9.27. The van der Waals surface area contributed by atoms with Gasteiger partial charge < -0.3 is 9.32 Å². The van der Waals surface area contributed by atoms with E-state index in [1.54, 1.807) is 17.2 Å². The van der Waals surface area contributed by atoms with Crippen molar-refractivity contribution in [3.63, 3.8) is 0 Å². The highest BCUT2D eigenvalue weighted by molar-refractivity contribution is 5.93. The Morgan fingerprint density at radius 2 is 2.11 bits per heavy atom. The summed E-state index contributed by atoms with van der Waals surface area (Å²) in [6, 6.07) is 6.45. The predicted octanol–water partition coefficient (Wildman–Crippen LogP) is 3.39. The number of hydrogen-bond donors (Lipinski definition) is 0. The molecule has 4 rings (SSSR count). The molecular weight excluding hydrogens is 359 g/mol. The Hall–Kier alpha value is -3.09. The van der Waals surface area contributed by atoms with Crippen LogP contribution in [0.25, 0.3) is 0 Å². The van der Waals surface area contributed by atoms with Gasteiger partial charge in [-0.2, -0.15) is 0 Å². The monoisotopic (exact) mass is 380 g/mol. The highest BCUT2D eigenvalue weighted by atomic mass is 19.1. The minimum atomic E-state index is -0.371. The van der Waals surface area contributed by atoms with Crippen molar-refractivity contribution in [2.24, 2.45) is 0 Å². The summed E-state index contributed by atoms with van der Waals surface area (Å²) in [4.78, 5) is 26.9. The lowest BCUT2D eigenvalue weighted by molar-refractivity contribution is 0.0625. The van der Waals surface area contributed by atoms with Crippen molar-refractivity contribution in [2.75, 3.05) is 13.1 Å². The number of hydrogen-bond acceptors (Lipinski definition) is 5. The molecule has 3 aromatic rings. The van der Waals surface area contributed by atoms with Gasteiger partial charge in [-0.05, 0) is 37.5 Å². The smallest absolute Gasteiger partial charge is 0.257 e. The molecule has 28 heavy (non-hydrogen) atoms. The lowest BCUT2D eigenvalue weighted by Crippen LogP contribution is -2.47. The predicted molar refractivity (Wildman–Crippen MR) is 100 cm³/mol. The van der Waals surface area contributed by atoms with Gasteiger partial charge >= 0.3 is 0 Å². The molecule has 3 heterocycles. The van der Waals surface area contributed by atoms with Crippen molar-refractivity contribution in [3.8, 4) is 0 Å². The molecule has 0 N–H and O–H groups in total. The van der Waals surface area contributed by atoms with E-state index < -0.39 is 0 Å². The molecule has 0 radical (unpaired) electrons. The van der Waals surface area contributed by atoms with Gasteiger partial charge in [0.1, 0.15) is 17.9 Å². The van der Waals surface area contributed by atoms with Crippen LogP contribution in [0.15, 0.2) is 53.6 Å². The molecule has 1 amide bonds. The molecule has 0 unspecified atom stereocenters. The molecular formula is C21H21FN4O2. The standard InChI is InChI=1S/C21H21FN4O2/c1-21(6-3-7-26(13-21)19(27)16-10-23-14-24-11-16)20-25-12-18(28-20)9-15-4-2-5-17(22)8-15/h2,4-5,8,10-12,14H,3,6-7,9,13H2,1H3/t21-/m1/s1. The van der Waals surface area contributed by atoms with E-state index in [4.69, 9.17) is 4.42 Å². The van der Waals surface area contributed by atoms with Crippen LogP contribution in [-0.2, 0) is 11.8 Å².